The van der Waals surface area contributed by atoms with Crippen LogP contribution in [0, 0.1) is 11.6 Å². The number of rotatable bonds is 9. The number of benzene rings is 2. The van der Waals surface area contributed by atoms with E-state index >= 15 is 0 Å². The van der Waals surface area contributed by atoms with E-state index in [1.54, 1.807) is 10.9 Å². The van der Waals surface area contributed by atoms with Crippen LogP contribution >= 0.6 is 0 Å². The SMILES string of the molecule is CC(=O)NC(Cc1cc(F)cc(F)c1)C(O)CNCc1cccc(-n2cccn2)c1. The Kier molecular flexibility index (Phi) is 7.26. The maximum absolute atomic E-state index is 13.5. The number of aliphatic hydroxyl groups is 1. The molecule has 0 aliphatic rings. The number of amides is 1. The van der Waals surface area contributed by atoms with Gasteiger partial charge in [-0.3, -0.25) is 4.79 Å². The number of hydrogen-bond donors (Lipinski definition) is 3. The summed E-state index contributed by atoms with van der Waals surface area (Å²) < 4.78 is 28.7. The third-order valence-corrected chi connectivity index (χ3v) is 4.59. The van der Waals surface area contributed by atoms with Crippen molar-refractivity contribution in [2.75, 3.05) is 6.54 Å². The lowest BCUT2D eigenvalue weighted by Gasteiger charge is -2.24. The summed E-state index contributed by atoms with van der Waals surface area (Å²) in [5.41, 5.74) is 2.28. The summed E-state index contributed by atoms with van der Waals surface area (Å²) in [6, 6.07) is 12.1. The van der Waals surface area contributed by atoms with Crippen LogP contribution in [0.4, 0.5) is 8.78 Å². The fourth-order valence-electron chi connectivity index (χ4n) is 3.26. The number of hydrogen-bond acceptors (Lipinski definition) is 4. The van der Waals surface area contributed by atoms with Crippen LogP contribution in [0.2, 0.25) is 0 Å². The number of aliphatic hydroxyl groups excluding tert-OH is 1. The molecular weight excluding hydrogens is 390 g/mol. The van der Waals surface area contributed by atoms with Crippen molar-refractivity contribution in [1.29, 1.82) is 0 Å². The van der Waals surface area contributed by atoms with Crippen molar-refractivity contribution in [2.45, 2.75) is 32.0 Å². The van der Waals surface area contributed by atoms with Crippen LogP contribution in [0.25, 0.3) is 5.69 Å². The van der Waals surface area contributed by atoms with E-state index in [1.165, 1.54) is 19.1 Å². The second-order valence-corrected chi connectivity index (χ2v) is 7.11. The molecule has 2 atom stereocenters. The largest absolute Gasteiger partial charge is 0.390 e. The van der Waals surface area contributed by atoms with Gasteiger partial charge in [0.15, 0.2) is 0 Å². The monoisotopic (exact) mass is 414 g/mol. The van der Waals surface area contributed by atoms with Gasteiger partial charge in [-0.05, 0) is 47.9 Å². The molecule has 3 rings (SSSR count). The maximum Gasteiger partial charge on any atom is 0.217 e. The van der Waals surface area contributed by atoms with Gasteiger partial charge in [-0.25, -0.2) is 13.5 Å². The normalized spacial score (nSPS) is 13.1. The minimum Gasteiger partial charge on any atom is -0.390 e. The van der Waals surface area contributed by atoms with Gasteiger partial charge in [0.2, 0.25) is 5.91 Å². The molecule has 0 bridgehead atoms. The Morgan fingerprint density at radius 3 is 2.57 bits per heavy atom. The molecule has 0 radical (unpaired) electrons. The molecule has 1 aromatic heterocycles. The summed E-state index contributed by atoms with van der Waals surface area (Å²) in [4.78, 5) is 11.5. The lowest BCUT2D eigenvalue weighted by Crippen LogP contribution is -2.48. The lowest BCUT2D eigenvalue weighted by atomic mass is 10.0. The van der Waals surface area contributed by atoms with Gasteiger partial charge in [-0.1, -0.05) is 12.1 Å². The molecule has 0 spiro atoms. The molecule has 0 aliphatic carbocycles. The average Bonchev–Trinajstić information content (AvgIpc) is 3.21. The van der Waals surface area contributed by atoms with E-state index in [0.29, 0.717) is 12.1 Å². The van der Waals surface area contributed by atoms with E-state index < -0.39 is 23.8 Å². The number of halogens is 2. The Balaban J connectivity index is 1.59. The molecule has 6 nitrogen and oxygen atoms in total. The van der Waals surface area contributed by atoms with Gasteiger partial charge in [0.1, 0.15) is 11.6 Å². The Morgan fingerprint density at radius 2 is 1.90 bits per heavy atom. The molecule has 1 heterocycles. The highest BCUT2D eigenvalue weighted by atomic mass is 19.1. The molecule has 0 saturated heterocycles. The van der Waals surface area contributed by atoms with Gasteiger partial charge < -0.3 is 15.7 Å². The van der Waals surface area contributed by atoms with Crippen LogP contribution in [-0.2, 0) is 17.8 Å². The van der Waals surface area contributed by atoms with Gasteiger partial charge in [0.25, 0.3) is 0 Å². The first-order valence-corrected chi connectivity index (χ1v) is 9.60. The molecule has 8 heteroatoms. The average molecular weight is 414 g/mol. The summed E-state index contributed by atoms with van der Waals surface area (Å²) in [5, 5.41) is 20.6. The molecule has 30 heavy (non-hydrogen) atoms. The van der Waals surface area contributed by atoms with Crippen molar-refractivity contribution in [2.24, 2.45) is 0 Å². The van der Waals surface area contributed by atoms with Crippen LogP contribution in [0.3, 0.4) is 0 Å². The zero-order valence-corrected chi connectivity index (χ0v) is 16.6. The van der Waals surface area contributed by atoms with E-state index in [9.17, 15) is 18.7 Å². The van der Waals surface area contributed by atoms with E-state index in [1.807, 2.05) is 36.5 Å². The van der Waals surface area contributed by atoms with E-state index in [4.69, 9.17) is 0 Å². The van der Waals surface area contributed by atoms with Crippen LogP contribution in [0.5, 0.6) is 0 Å². The van der Waals surface area contributed by atoms with Gasteiger partial charge in [-0.2, -0.15) is 5.10 Å². The lowest BCUT2D eigenvalue weighted by molar-refractivity contribution is -0.120. The van der Waals surface area contributed by atoms with Crippen molar-refractivity contribution in [3.63, 3.8) is 0 Å². The first-order chi connectivity index (χ1) is 14.4. The molecule has 0 aliphatic heterocycles. The Bertz CT molecular complexity index is 959. The molecule has 3 N–H and O–H groups in total. The van der Waals surface area contributed by atoms with Gasteiger partial charge in [-0.15, -0.1) is 0 Å². The predicted molar refractivity (Wildman–Crippen MR) is 109 cm³/mol. The Morgan fingerprint density at radius 1 is 1.13 bits per heavy atom. The summed E-state index contributed by atoms with van der Waals surface area (Å²) in [5.74, 6) is -1.73. The highest BCUT2D eigenvalue weighted by molar-refractivity contribution is 5.73. The zero-order valence-electron chi connectivity index (χ0n) is 16.6. The predicted octanol–water partition coefficient (Wildman–Crippen LogP) is 2.35. The van der Waals surface area contributed by atoms with Crippen LogP contribution in [-0.4, -0.2) is 39.5 Å². The van der Waals surface area contributed by atoms with Gasteiger partial charge in [0, 0.05) is 38.5 Å². The number of aromatic nitrogens is 2. The Hall–Kier alpha value is -3.10. The molecule has 0 fully saturated rings. The highest BCUT2D eigenvalue weighted by Gasteiger charge is 2.21. The third kappa shape index (κ3) is 6.20. The maximum atomic E-state index is 13.5. The highest BCUT2D eigenvalue weighted by Crippen LogP contribution is 2.13. The number of nitrogens with zero attached hydrogens (tertiary/aromatic N) is 2. The molecule has 2 aromatic carbocycles. The van der Waals surface area contributed by atoms with Gasteiger partial charge >= 0.3 is 0 Å². The van der Waals surface area contributed by atoms with Crippen molar-refractivity contribution in [1.82, 2.24) is 20.4 Å². The van der Waals surface area contributed by atoms with Crippen molar-refractivity contribution < 1.29 is 18.7 Å². The van der Waals surface area contributed by atoms with Crippen LogP contribution in [0.15, 0.2) is 60.9 Å². The first kappa shape index (κ1) is 21.6. The molecule has 0 saturated carbocycles. The molecular formula is C22H24F2N4O2. The van der Waals surface area contributed by atoms with Crippen molar-refractivity contribution in [3.05, 3.63) is 83.7 Å². The standard InChI is InChI=1S/C22H24F2N4O2/c1-15(29)27-21(11-17-8-18(23)12-19(24)9-17)22(30)14-25-13-16-4-2-5-20(10-16)28-7-3-6-26-28/h2-10,12,21-22,25,30H,11,13-14H2,1H3,(H,27,29). The Labute approximate surface area is 173 Å². The third-order valence-electron chi connectivity index (χ3n) is 4.59. The molecule has 3 aromatic rings. The quantitative estimate of drug-likeness (QED) is 0.502. The topological polar surface area (TPSA) is 79.2 Å². The summed E-state index contributed by atoms with van der Waals surface area (Å²) in [6.07, 6.45) is 2.71. The fraction of sp³-hybridized carbons (Fsp3) is 0.273. The smallest absolute Gasteiger partial charge is 0.217 e. The first-order valence-electron chi connectivity index (χ1n) is 9.60. The minimum absolute atomic E-state index is 0.103. The van der Waals surface area contributed by atoms with Crippen molar-refractivity contribution >= 4 is 5.91 Å². The fourth-order valence-corrected chi connectivity index (χ4v) is 3.26. The number of carbonyl (C=O) groups excluding carboxylic acids is 1. The van der Waals surface area contributed by atoms with E-state index in [-0.39, 0.29) is 18.9 Å². The molecule has 1 amide bonds. The summed E-state index contributed by atoms with van der Waals surface area (Å²) >= 11 is 0. The van der Waals surface area contributed by atoms with E-state index in [2.05, 4.69) is 15.7 Å². The number of nitrogens with one attached hydrogen (secondary N) is 2. The van der Waals surface area contributed by atoms with Crippen LogP contribution < -0.4 is 10.6 Å². The second kappa shape index (κ2) is 10.1. The molecule has 2 unspecified atom stereocenters. The zero-order chi connectivity index (χ0) is 21.5. The summed E-state index contributed by atoms with van der Waals surface area (Å²) in [6.45, 7) is 2.02. The second-order valence-electron chi connectivity index (χ2n) is 7.11. The van der Waals surface area contributed by atoms with Crippen molar-refractivity contribution in [3.8, 4) is 5.69 Å². The minimum atomic E-state index is -0.950. The number of carbonyl (C=O) groups is 1. The van der Waals surface area contributed by atoms with Crippen LogP contribution in [0.1, 0.15) is 18.1 Å². The van der Waals surface area contributed by atoms with E-state index in [0.717, 1.165) is 17.3 Å². The molecule has 158 valence electrons. The van der Waals surface area contributed by atoms with Gasteiger partial charge in [0.05, 0.1) is 17.8 Å². The summed E-state index contributed by atoms with van der Waals surface area (Å²) in [7, 11) is 0.